The first-order valence-electron chi connectivity index (χ1n) is 6.14. The Labute approximate surface area is 103 Å². The molecule has 2 saturated carbocycles. The Kier molecular flexibility index (Phi) is 3.44. The third kappa shape index (κ3) is 2.88. The Balaban J connectivity index is 1.82. The number of nitrogens with two attached hydrogens (primary N) is 1. The zero-order valence-corrected chi connectivity index (χ0v) is 10.0. The summed E-state index contributed by atoms with van der Waals surface area (Å²) in [7, 11) is 0. The molecule has 7 heteroatoms. The van der Waals surface area contributed by atoms with Crippen molar-refractivity contribution in [3.63, 3.8) is 0 Å². The Morgan fingerprint density at radius 3 is 2.44 bits per heavy atom. The van der Waals surface area contributed by atoms with E-state index in [0.717, 1.165) is 12.8 Å². The lowest BCUT2D eigenvalue weighted by molar-refractivity contribution is -0.155. The highest BCUT2D eigenvalue weighted by molar-refractivity contribution is 5.83. The summed E-state index contributed by atoms with van der Waals surface area (Å²) in [6.45, 7) is 0.275. The van der Waals surface area contributed by atoms with E-state index >= 15 is 0 Å². The molecule has 0 radical (unpaired) electrons. The van der Waals surface area contributed by atoms with Crippen molar-refractivity contribution in [2.45, 2.75) is 31.9 Å². The number of oxime groups is 1. The zero-order valence-electron chi connectivity index (χ0n) is 10.0. The minimum absolute atomic E-state index is 0.237. The van der Waals surface area contributed by atoms with Gasteiger partial charge >= 0.3 is 6.18 Å². The fourth-order valence-electron chi connectivity index (χ4n) is 2.51. The molecule has 2 aliphatic rings. The molecule has 0 bridgehead atoms. The summed E-state index contributed by atoms with van der Waals surface area (Å²) in [4.78, 5) is 0. The molecule has 2 fully saturated rings. The van der Waals surface area contributed by atoms with Crippen molar-refractivity contribution in [3.8, 4) is 0 Å². The predicted molar refractivity (Wildman–Crippen MR) is 60.2 cm³/mol. The van der Waals surface area contributed by atoms with Gasteiger partial charge in [-0.25, -0.2) is 0 Å². The molecule has 0 heterocycles. The van der Waals surface area contributed by atoms with Gasteiger partial charge in [-0.2, -0.15) is 13.2 Å². The maximum Gasteiger partial charge on any atom is 0.400 e. The van der Waals surface area contributed by atoms with E-state index in [0.29, 0.717) is 12.5 Å². The van der Waals surface area contributed by atoms with Crippen molar-refractivity contribution in [2.24, 2.45) is 28.1 Å². The summed E-state index contributed by atoms with van der Waals surface area (Å²) in [6.07, 6.45) is 0.116. The zero-order chi connectivity index (χ0) is 13.4. The molecule has 0 aromatic heterocycles. The molecular formula is C11H18F3N3O. The smallest absolute Gasteiger partial charge is 0.400 e. The van der Waals surface area contributed by atoms with Crippen LogP contribution in [-0.2, 0) is 0 Å². The van der Waals surface area contributed by atoms with Gasteiger partial charge in [0, 0.05) is 13.1 Å². The standard InChI is InChI=1S/C11H18F3N3O/c12-11(13,14)8(9(15)17-18)5-16-6-10(3-4-10)7-1-2-7/h7-8,16,18H,1-6H2,(H2,15,17). The van der Waals surface area contributed by atoms with Crippen molar-refractivity contribution in [3.05, 3.63) is 0 Å². The van der Waals surface area contributed by atoms with Crippen LogP contribution in [0.4, 0.5) is 13.2 Å². The van der Waals surface area contributed by atoms with Gasteiger partial charge in [0.25, 0.3) is 0 Å². The van der Waals surface area contributed by atoms with Gasteiger partial charge in [0.1, 0.15) is 5.92 Å². The molecule has 1 atom stereocenters. The highest BCUT2D eigenvalue weighted by Gasteiger charge is 2.53. The molecule has 4 nitrogen and oxygen atoms in total. The van der Waals surface area contributed by atoms with Gasteiger partial charge in [0.05, 0.1) is 0 Å². The lowest BCUT2D eigenvalue weighted by atomic mass is 10.00. The summed E-state index contributed by atoms with van der Waals surface area (Å²) in [5.41, 5.74) is 5.32. The Morgan fingerprint density at radius 1 is 1.44 bits per heavy atom. The van der Waals surface area contributed by atoms with Crippen molar-refractivity contribution >= 4 is 5.84 Å². The molecule has 0 spiro atoms. The van der Waals surface area contributed by atoms with Gasteiger partial charge in [-0.15, -0.1) is 0 Å². The second kappa shape index (κ2) is 4.60. The van der Waals surface area contributed by atoms with E-state index in [1.54, 1.807) is 0 Å². The van der Waals surface area contributed by atoms with Crippen LogP contribution >= 0.6 is 0 Å². The third-order valence-corrected chi connectivity index (χ3v) is 4.03. The monoisotopic (exact) mass is 265 g/mol. The lowest BCUT2D eigenvalue weighted by Crippen LogP contribution is -2.44. The van der Waals surface area contributed by atoms with Crippen LogP contribution in [-0.4, -0.2) is 30.3 Å². The van der Waals surface area contributed by atoms with E-state index in [9.17, 15) is 13.2 Å². The van der Waals surface area contributed by atoms with E-state index < -0.39 is 17.9 Å². The maximum atomic E-state index is 12.7. The molecule has 0 amide bonds. The topological polar surface area (TPSA) is 70.6 Å². The Bertz CT molecular complexity index is 335. The molecule has 0 aromatic rings. The van der Waals surface area contributed by atoms with Gasteiger partial charge in [-0.3, -0.25) is 0 Å². The number of nitrogens with zero attached hydrogens (tertiary/aromatic N) is 1. The normalized spacial score (nSPS) is 24.9. The largest absolute Gasteiger partial charge is 0.409 e. The van der Waals surface area contributed by atoms with Crippen LogP contribution in [0.3, 0.4) is 0 Å². The highest BCUT2D eigenvalue weighted by Crippen LogP contribution is 2.60. The van der Waals surface area contributed by atoms with Gasteiger partial charge in [0.15, 0.2) is 5.84 Å². The average Bonchev–Trinajstić information content (AvgIpc) is 3.13. The maximum absolute atomic E-state index is 12.7. The van der Waals surface area contributed by atoms with E-state index in [2.05, 4.69) is 10.5 Å². The van der Waals surface area contributed by atoms with Crippen LogP contribution in [0.2, 0.25) is 0 Å². The molecule has 1 unspecified atom stereocenters. The van der Waals surface area contributed by atoms with Crippen LogP contribution < -0.4 is 11.1 Å². The van der Waals surface area contributed by atoms with Gasteiger partial charge in [0.2, 0.25) is 0 Å². The molecule has 4 N–H and O–H groups in total. The molecule has 0 aliphatic heterocycles. The van der Waals surface area contributed by atoms with Gasteiger partial charge in [-0.1, -0.05) is 5.16 Å². The first kappa shape index (κ1) is 13.5. The number of amidine groups is 1. The predicted octanol–water partition coefficient (Wildman–Crippen LogP) is 1.69. The van der Waals surface area contributed by atoms with E-state index in [1.807, 2.05) is 0 Å². The molecule has 0 saturated heterocycles. The van der Waals surface area contributed by atoms with Crippen molar-refractivity contribution < 1.29 is 18.4 Å². The first-order chi connectivity index (χ1) is 8.39. The number of alkyl halides is 3. The van der Waals surface area contributed by atoms with Crippen LogP contribution in [0, 0.1) is 17.3 Å². The number of rotatable bonds is 6. The molecule has 2 aliphatic carbocycles. The van der Waals surface area contributed by atoms with Crippen LogP contribution in [0.5, 0.6) is 0 Å². The van der Waals surface area contributed by atoms with Crippen molar-refractivity contribution in [1.29, 1.82) is 0 Å². The Hall–Kier alpha value is -0.980. The number of hydrogen-bond donors (Lipinski definition) is 3. The van der Waals surface area contributed by atoms with Crippen molar-refractivity contribution in [1.82, 2.24) is 5.32 Å². The Morgan fingerprint density at radius 2 is 2.06 bits per heavy atom. The number of halogens is 3. The van der Waals surface area contributed by atoms with Gasteiger partial charge in [-0.05, 0) is 37.0 Å². The van der Waals surface area contributed by atoms with E-state index in [1.165, 1.54) is 12.8 Å². The molecule has 2 rings (SSSR count). The van der Waals surface area contributed by atoms with Crippen LogP contribution in [0.15, 0.2) is 5.16 Å². The molecule has 18 heavy (non-hydrogen) atoms. The summed E-state index contributed by atoms with van der Waals surface area (Å²) in [5.74, 6) is -2.01. The summed E-state index contributed by atoms with van der Waals surface area (Å²) in [5, 5.41) is 13.7. The number of nitrogens with one attached hydrogen (secondary N) is 1. The SMILES string of the molecule is NC(=NO)C(CNCC1(C2CC2)CC1)C(F)(F)F. The summed E-state index contributed by atoms with van der Waals surface area (Å²) in [6, 6.07) is 0. The summed E-state index contributed by atoms with van der Waals surface area (Å²) < 4.78 is 38.0. The van der Waals surface area contributed by atoms with E-state index in [4.69, 9.17) is 10.9 Å². The molecule has 0 aromatic carbocycles. The summed E-state index contributed by atoms with van der Waals surface area (Å²) >= 11 is 0. The third-order valence-electron chi connectivity index (χ3n) is 4.03. The number of hydrogen-bond acceptors (Lipinski definition) is 3. The molecule has 104 valence electrons. The van der Waals surface area contributed by atoms with E-state index in [-0.39, 0.29) is 12.0 Å². The minimum atomic E-state index is -4.49. The minimum Gasteiger partial charge on any atom is -0.409 e. The van der Waals surface area contributed by atoms with Crippen molar-refractivity contribution in [2.75, 3.05) is 13.1 Å². The van der Waals surface area contributed by atoms with Gasteiger partial charge < -0.3 is 16.3 Å². The fraction of sp³-hybridized carbons (Fsp3) is 0.909. The quantitative estimate of drug-likeness (QED) is 0.296. The second-order valence-electron chi connectivity index (χ2n) is 5.39. The highest BCUT2D eigenvalue weighted by atomic mass is 19.4. The second-order valence-corrected chi connectivity index (χ2v) is 5.39. The molecular weight excluding hydrogens is 247 g/mol. The van der Waals surface area contributed by atoms with Crippen LogP contribution in [0.1, 0.15) is 25.7 Å². The lowest BCUT2D eigenvalue weighted by Gasteiger charge is -2.21. The first-order valence-corrected chi connectivity index (χ1v) is 6.14. The average molecular weight is 265 g/mol. The van der Waals surface area contributed by atoms with Crippen LogP contribution in [0.25, 0.3) is 0 Å². The fourth-order valence-corrected chi connectivity index (χ4v) is 2.51.